The minimum absolute atomic E-state index is 0.465. The standard InChI is InChI=1S/C25H29BF2N3O/c1-14-11-16(3)29-22(14)21(23-15(2)12-17(4)30(23)26(27)28)18-9-10-19-20(13-18)25(7,8)31(32)24(19,5)6/h9-13H,1-8H3/b22-21-. The van der Waals surface area contributed by atoms with Gasteiger partial charge in [-0.25, -0.2) is 0 Å². The molecule has 0 amide bonds. The summed E-state index contributed by atoms with van der Waals surface area (Å²) >= 11 is 0. The van der Waals surface area contributed by atoms with Crippen LogP contribution >= 0.6 is 0 Å². The van der Waals surface area contributed by atoms with E-state index < -0.39 is 18.5 Å². The van der Waals surface area contributed by atoms with Gasteiger partial charge in [-0.1, -0.05) is 12.1 Å². The van der Waals surface area contributed by atoms with Crippen LogP contribution in [0.2, 0.25) is 0 Å². The molecule has 1 aromatic heterocycles. The zero-order valence-corrected chi connectivity index (χ0v) is 20.0. The second-order valence-electron chi connectivity index (χ2n) is 9.94. The molecule has 4 rings (SSSR count). The monoisotopic (exact) mass is 436 g/mol. The van der Waals surface area contributed by atoms with Crippen molar-refractivity contribution in [3.63, 3.8) is 0 Å². The molecule has 0 saturated heterocycles. The molecule has 0 bridgehead atoms. The molecule has 4 nitrogen and oxygen atoms in total. The maximum atomic E-state index is 14.2. The van der Waals surface area contributed by atoms with E-state index in [1.165, 1.54) is 0 Å². The first-order chi connectivity index (χ1) is 14.8. The maximum Gasteiger partial charge on any atom is 0.677 e. The first kappa shape index (κ1) is 22.7. The molecule has 1 radical (unpaired) electrons. The van der Waals surface area contributed by atoms with Gasteiger partial charge in [-0.3, -0.25) is 13.6 Å². The largest absolute Gasteiger partial charge is 0.677 e. The lowest BCUT2D eigenvalue weighted by atomic mass is 9.86. The third kappa shape index (κ3) is 3.13. The number of hydrogen-bond donors (Lipinski definition) is 0. The summed E-state index contributed by atoms with van der Waals surface area (Å²) in [6.45, 7) is 15.1. The predicted molar refractivity (Wildman–Crippen MR) is 125 cm³/mol. The van der Waals surface area contributed by atoms with Crippen molar-refractivity contribution in [2.24, 2.45) is 4.99 Å². The first-order valence-electron chi connectivity index (χ1n) is 10.9. The lowest BCUT2D eigenvalue weighted by Gasteiger charge is -2.32. The van der Waals surface area contributed by atoms with Crippen LogP contribution in [-0.2, 0) is 16.3 Å². The van der Waals surface area contributed by atoms with Gasteiger partial charge in [0.15, 0.2) is 0 Å². The third-order valence-corrected chi connectivity index (χ3v) is 6.82. The number of allylic oxidation sites excluding steroid dienone is 2. The number of aromatic nitrogens is 1. The Morgan fingerprint density at radius 3 is 2.16 bits per heavy atom. The zero-order chi connectivity index (χ0) is 23.7. The molecule has 7 heteroatoms. The molecule has 167 valence electrons. The predicted octanol–water partition coefficient (Wildman–Crippen LogP) is 6.19. The number of aliphatic imine (C=N–C) groups is 1. The third-order valence-electron chi connectivity index (χ3n) is 6.82. The van der Waals surface area contributed by atoms with Crippen LogP contribution in [0, 0.1) is 13.8 Å². The topological polar surface area (TPSA) is 40.4 Å². The molecule has 0 spiro atoms. The van der Waals surface area contributed by atoms with Gasteiger partial charge in [-0.15, -0.1) is 10.3 Å². The molecular formula is C25H29BF2N3O. The van der Waals surface area contributed by atoms with E-state index in [0.717, 1.165) is 43.1 Å². The summed E-state index contributed by atoms with van der Waals surface area (Å²) in [6.07, 6.45) is 1.97. The first-order valence-corrected chi connectivity index (χ1v) is 10.9. The molecule has 1 aromatic carbocycles. The van der Waals surface area contributed by atoms with Gasteiger partial charge in [0.1, 0.15) is 0 Å². The molecule has 3 heterocycles. The van der Waals surface area contributed by atoms with Gasteiger partial charge in [-0.05, 0) is 101 Å². The highest BCUT2D eigenvalue weighted by molar-refractivity contribution is 6.41. The van der Waals surface area contributed by atoms with Gasteiger partial charge in [-0.2, -0.15) is 0 Å². The highest BCUT2D eigenvalue weighted by Crippen LogP contribution is 2.49. The normalized spacial score (nSPS) is 20.8. The SMILES string of the molecule is CC1=CC(C)=N/C1=C(/c1ccc2c(c1)C(C)(C)N([O])C2(C)C)c1c(C)cc(C)n1B(F)F. The summed E-state index contributed by atoms with van der Waals surface area (Å²) < 4.78 is 29.4. The fraction of sp³-hybridized carbons (Fsp3) is 0.400. The van der Waals surface area contributed by atoms with E-state index in [1.54, 1.807) is 13.0 Å². The number of hydrogen-bond acceptors (Lipinski definition) is 2. The Morgan fingerprint density at radius 1 is 0.969 bits per heavy atom. The van der Waals surface area contributed by atoms with Crippen LogP contribution < -0.4 is 0 Å². The van der Waals surface area contributed by atoms with Gasteiger partial charge >= 0.3 is 7.40 Å². The van der Waals surface area contributed by atoms with Gasteiger partial charge in [0.05, 0.1) is 16.8 Å². The van der Waals surface area contributed by atoms with Gasteiger partial charge < -0.3 is 4.48 Å². The Labute approximate surface area is 189 Å². The molecule has 0 unspecified atom stereocenters. The minimum atomic E-state index is -2.67. The number of aryl methyl sites for hydroxylation is 2. The highest BCUT2D eigenvalue weighted by atomic mass is 19.2. The van der Waals surface area contributed by atoms with Crippen LogP contribution in [0.15, 0.2) is 46.6 Å². The van der Waals surface area contributed by atoms with Crippen molar-refractivity contribution in [3.05, 3.63) is 75.3 Å². The van der Waals surface area contributed by atoms with Crippen molar-refractivity contribution in [1.82, 2.24) is 9.54 Å². The molecule has 2 aliphatic rings. The van der Waals surface area contributed by atoms with E-state index in [2.05, 4.69) is 0 Å². The van der Waals surface area contributed by atoms with Crippen molar-refractivity contribution in [1.29, 1.82) is 0 Å². The molecule has 0 N–H and O–H groups in total. The van der Waals surface area contributed by atoms with E-state index in [-0.39, 0.29) is 0 Å². The molecule has 2 aliphatic heterocycles. The summed E-state index contributed by atoms with van der Waals surface area (Å²) in [7, 11) is -2.67. The fourth-order valence-electron chi connectivity index (χ4n) is 5.36. The average molecular weight is 436 g/mol. The fourth-order valence-corrected chi connectivity index (χ4v) is 5.36. The van der Waals surface area contributed by atoms with Crippen LogP contribution in [-0.4, -0.2) is 22.7 Å². The van der Waals surface area contributed by atoms with Crippen molar-refractivity contribution in [2.75, 3.05) is 0 Å². The summed E-state index contributed by atoms with van der Waals surface area (Å²) in [4.78, 5) is 4.72. The van der Waals surface area contributed by atoms with E-state index >= 15 is 0 Å². The number of fused-ring (bicyclic) bond motifs is 1. The lowest BCUT2D eigenvalue weighted by Crippen LogP contribution is -2.41. The van der Waals surface area contributed by atoms with Gasteiger partial charge in [0.25, 0.3) is 0 Å². The lowest BCUT2D eigenvalue weighted by molar-refractivity contribution is -0.266. The van der Waals surface area contributed by atoms with Crippen LogP contribution in [0.4, 0.5) is 8.63 Å². The van der Waals surface area contributed by atoms with Crippen LogP contribution in [0.1, 0.15) is 75.2 Å². The number of rotatable bonds is 3. The summed E-state index contributed by atoms with van der Waals surface area (Å²) in [5.74, 6) is 0. The maximum absolute atomic E-state index is 14.2. The summed E-state index contributed by atoms with van der Waals surface area (Å²) in [5.41, 5.74) is 6.12. The molecule has 0 atom stereocenters. The van der Waals surface area contributed by atoms with Crippen LogP contribution in [0.25, 0.3) is 5.57 Å². The van der Waals surface area contributed by atoms with Crippen molar-refractivity contribution in [3.8, 4) is 0 Å². The molecule has 2 aromatic rings. The van der Waals surface area contributed by atoms with Crippen molar-refractivity contribution >= 4 is 18.7 Å². The quantitative estimate of drug-likeness (QED) is 0.529. The number of hydroxylamine groups is 2. The summed E-state index contributed by atoms with van der Waals surface area (Å²) in [5, 5.41) is 14.2. The Kier molecular flexibility index (Phi) is 5.14. The molecule has 0 fully saturated rings. The highest BCUT2D eigenvalue weighted by Gasteiger charge is 2.50. The Morgan fingerprint density at radius 2 is 1.59 bits per heavy atom. The van der Waals surface area contributed by atoms with E-state index in [9.17, 15) is 13.8 Å². The summed E-state index contributed by atoms with van der Waals surface area (Å²) in [6, 6.07) is 7.68. The van der Waals surface area contributed by atoms with Crippen molar-refractivity contribution < 1.29 is 13.8 Å². The van der Waals surface area contributed by atoms with Gasteiger partial charge in [0, 0.05) is 22.7 Å². The number of nitrogens with zero attached hydrogens (tertiary/aromatic N) is 3. The molecule has 0 saturated carbocycles. The van der Waals surface area contributed by atoms with E-state index in [4.69, 9.17) is 4.99 Å². The minimum Gasteiger partial charge on any atom is -0.329 e. The second kappa shape index (κ2) is 7.25. The zero-order valence-electron chi connectivity index (χ0n) is 20.0. The van der Waals surface area contributed by atoms with Crippen LogP contribution in [0.3, 0.4) is 0 Å². The molecular weight excluding hydrogens is 407 g/mol. The average Bonchev–Trinajstić information content (AvgIpc) is 3.22. The smallest absolute Gasteiger partial charge is 0.329 e. The van der Waals surface area contributed by atoms with Crippen LogP contribution in [0.5, 0.6) is 0 Å². The van der Waals surface area contributed by atoms with Crippen molar-refractivity contribution in [2.45, 2.75) is 66.5 Å². The van der Waals surface area contributed by atoms with E-state index in [0.29, 0.717) is 22.7 Å². The van der Waals surface area contributed by atoms with E-state index in [1.807, 2.05) is 72.7 Å². The van der Waals surface area contributed by atoms with Gasteiger partial charge in [0.2, 0.25) is 0 Å². The Hall–Kier alpha value is -2.51. The number of benzene rings is 1. The molecule has 32 heavy (non-hydrogen) atoms. The Bertz CT molecular complexity index is 1220. The molecule has 0 aliphatic carbocycles. The second-order valence-corrected chi connectivity index (χ2v) is 9.94. The Balaban J connectivity index is 2.07. The number of halogens is 2.